The molecule has 1 atom stereocenters. The van der Waals surface area contributed by atoms with E-state index >= 15 is 0 Å². The highest BCUT2D eigenvalue weighted by Gasteiger charge is 2.42. The van der Waals surface area contributed by atoms with Crippen molar-refractivity contribution < 1.29 is 9.47 Å². The second-order valence-electron chi connectivity index (χ2n) is 9.98. The van der Waals surface area contributed by atoms with Gasteiger partial charge >= 0.3 is 0 Å². The van der Waals surface area contributed by atoms with Gasteiger partial charge < -0.3 is 20.1 Å². The van der Waals surface area contributed by atoms with Crippen LogP contribution in [0.4, 0.5) is 11.5 Å². The van der Waals surface area contributed by atoms with E-state index in [1.165, 1.54) is 0 Å². The molecule has 1 aliphatic rings. The standard InChI is InChI=1S/C28H30Cl2N6O2/c1-15(2)38-28(5)13-36(14-28)27-18(10-31)8-19(11-35-27)26(33)21-9-20(6-7-23(21)32)37-17(4)24-22(29)12-34-16(3)25(24)30/h6-9,11-12,15,17,33H,13-14,32H2,1-5H3/t17-/m1/s1. The predicted molar refractivity (Wildman–Crippen MR) is 151 cm³/mol. The molecule has 2 aromatic heterocycles. The summed E-state index contributed by atoms with van der Waals surface area (Å²) in [5.41, 5.74) is 9.09. The molecule has 3 heterocycles. The average molecular weight is 553 g/mol. The van der Waals surface area contributed by atoms with Crippen LogP contribution in [0.3, 0.4) is 0 Å². The van der Waals surface area contributed by atoms with Crippen LogP contribution < -0.4 is 15.4 Å². The quantitative estimate of drug-likeness (QED) is 0.255. The lowest BCUT2D eigenvalue weighted by Crippen LogP contribution is -2.62. The first-order chi connectivity index (χ1) is 17.9. The number of aryl methyl sites for hydroxylation is 1. The first kappa shape index (κ1) is 27.6. The highest BCUT2D eigenvalue weighted by Crippen LogP contribution is 2.36. The summed E-state index contributed by atoms with van der Waals surface area (Å²) in [6.45, 7) is 11.0. The van der Waals surface area contributed by atoms with Crippen molar-refractivity contribution in [2.75, 3.05) is 23.7 Å². The van der Waals surface area contributed by atoms with E-state index in [0.717, 1.165) is 0 Å². The van der Waals surface area contributed by atoms with Crippen LogP contribution in [0.25, 0.3) is 0 Å². The molecule has 1 fully saturated rings. The van der Waals surface area contributed by atoms with Crippen LogP contribution in [-0.2, 0) is 4.74 Å². The summed E-state index contributed by atoms with van der Waals surface area (Å²) in [5.74, 6) is 1.07. The van der Waals surface area contributed by atoms with Crippen molar-refractivity contribution >= 4 is 40.4 Å². The lowest BCUT2D eigenvalue weighted by atomic mass is 9.95. The number of rotatable bonds is 8. The number of nitrogen functional groups attached to an aromatic ring is 1. The van der Waals surface area contributed by atoms with E-state index in [1.807, 2.05) is 25.7 Å². The van der Waals surface area contributed by atoms with Gasteiger partial charge in [-0.05, 0) is 58.9 Å². The van der Waals surface area contributed by atoms with Gasteiger partial charge in [0.05, 0.1) is 46.2 Å². The van der Waals surface area contributed by atoms with Crippen LogP contribution in [-0.4, -0.2) is 40.5 Å². The minimum Gasteiger partial charge on any atom is -0.486 e. The lowest BCUT2D eigenvalue weighted by molar-refractivity contribution is -0.0842. The maximum atomic E-state index is 9.82. The summed E-state index contributed by atoms with van der Waals surface area (Å²) < 4.78 is 12.1. The number of nitriles is 1. The fourth-order valence-corrected chi connectivity index (χ4v) is 5.33. The summed E-state index contributed by atoms with van der Waals surface area (Å²) >= 11 is 12.8. The Morgan fingerprint density at radius 2 is 1.89 bits per heavy atom. The van der Waals surface area contributed by atoms with Crippen LogP contribution >= 0.6 is 23.2 Å². The fraction of sp³-hybridized carbons (Fsp3) is 0.357. The molecule has 10 heteroatoms. The van der Waals surface area contributed by atoms with Gasteiger partial charge in [-0.15, -0.1) is 0 Å². The van der Waals surface area contributed by atoms with Gasteiger partial charge in [-0.25, -0.2) is 4.98 Å². The van der Waals surface area contributed by atoms with E-state index in [9.17, 15) is 5.26 Å². The average Bonchev–Trinajstić information content (AvgIpc) is 2.85. The summed E-state index contributed by atoms with van der Waals surface area (Å²) in [6, 6.07) is 8.97. The predicted octanol–water partition coefficient (Wildman–Crippen LogP) is 6.11. The summed E-state index contributed by atoms with van der Waals surface area (Å²) in [5, 5.41) is 19.5. The maximum Gasteiger partial charge on any atom is 0.146 e. The smallest absolute Gasteiger partial charge is 0.146 e. The molecular weight excluding hydrogens is 523 g/mol. The topological polar surface area (TPSA) is 121 Å². The molecule has 0 aliphatic carbocycles. The molecule has 3 N–H and O–H groups in total. The third-order valence-corrected chi connectivity index (χ3v) is 7.12. The van der Waals surface area contributed by atoms with E-state index in [0.29, 0.717) is 68.3 Å². The van der Waals surface area contributed by atoms with Gasteiger partial charge in [0.2, 0.25) is 0 Å². The second kappa shape index (κ2) is 10.8. The fourth-order valence-electron chi connectivity index (χ4n) is 4.68. The Kier molecular flexibility index (Phi) is 7.84. The lowest BCUT2D eigenvalue weighted by Gasteiger charge is -2.49. The Bertz CT molecular complexity index is 1430. The Hall–Kier alpha value is -3.38. The van der Waals surface area contributed by atoms with Crippen molar-refractivity contribution in [2.45, 2.75) is 52.4 Å². The first-order valence-corrected chi connectivity index (χ1v) is 13.0. The number of nitrogens with two attached hydrogens (primary N) is 1. The molecule has 0 amide bonds. The van der Waals surface area contributed by atoms with Crippen molar-refractivity contribution in [3.05, 3.63) is 74.7 Å². The number of hydrogen-bond acceptors (Lipinski definition) is 8. The summed E-state index contributed by atoms with van der Waals surface area (Å²) in [7, 11) is 0. The molecule has 0 saturated carbocycles. The van der Waals surface area contributed by atoms with Crippen LogP contribution in [0.5, 0.6) is 5.75 Å². The molecule has 0 unspecified atom stereocenters. The number of ether oxygens (including phenoxy) is 2. The third kappa shape index (κ3) is 5.56. The zero-order valence-electron chi connectivity index (χ0n) is 22.0. The molecule has 38 heavy (non-hydrogen) atoms. The summed E-state index contributed by atoms with van der Waals surface area (Å²) in [4.78, 5) is 10.7. The van der Waals surface area contributed by atoms with Gasteiger partial charge in [0.15, 0.2) is 0 Å². The minimum absolute atomic E-state index is 0.115. The number of anilines is 2. The van der Waals surface area contributed by atoms with Gasteiger partial charge in [0.1, 0.15) is 29.3 Å². The van der Waals surface area contributed by atoms with Crippen LogP contribution in [0, 0.1) is 23.7 Å². The van der Waals surface area contributed by atoms with Crippen LogP contribution in [0.2, 0.25) is 10.0 Å². The van der Waals surface area contributed by atoms with Crippen molar-refractivity contribution in [2.24, 2.45) is 0 Å². The van der Waals surface area contributed by atoms with E-state index in [4.69, 9.17) is 43.8 Å². The molecule has 1 aliphatic heterocycles. The van der Waals surface area contributed by atoms with Crippen LogP contribution in [0.1, 0.15) is 61.7 Å². The third-order valence-electron chi connectivity index (χ3n) is 6.34. The number of halogens is 2. The van der Waals surface area contributed by atoms with Gasteiger partial charge in [0.25, 0.3) is 0 Å². The Morgan fingerprint density at radius 3 is 2.55 bits per heavy atom. The van der Waals surface area contributed by atoms with Crippen molar-refractivity contribution in [3.63, 3.8) is 0 Å². The molecule has 0 spiro atoms. The molecule has 3 aromatic rings. The molecule has 8 nitrogen and oxygen atoms in total. The van der Waals surface area contributed by atoms with E-state index in [2.05, 4.69) is 23.0 Å². The number of nitrogens with one attached hydrogen (secondary N) is 1. The van der Waals surface area contributed by atoms with E-state index in [-0.39, 0.29) is 17.4 Å². The highest BCUT2D eigenvalue weighted by atomic mass is 35.5. The first-order valence-electron chi connectivity index (χ1n) is 12.2. The molecule has 0 radical (unpaired) electrons. The zero-order chi connectivity index (χ0) is 27.8. The molecular formula is C28H30Cl2N6O2. The SMILES string of the molecule is Cc1ncc(Cl)c([C@@H](C)Oc2ccc(N)c(C(=N)c3cnc(N4CC(C)(OC(C)C)C4)c(C#N)c3)c2)c1Cl. The van der Waals surface area contributed by atoms with E-state index in [1.54, 1.807) is 43.6 Å². The van der Waals surface area contributed by atoms with Crippen LogP contribution in [0.15, 0.2) is 36.7 Å². The van der Waals surface area contributed by atoms with Crippen molar-refractivity contribution in [1.29, 1.82) is 10.7 Å². The molecule has 1 saturated heterocycles. The Labute approximate surface area is 232 Å². The number of pyridine rings is 2. The Morgan fingerprint density at radius 1 is 1.18 bits per heavy atom. The highest BCUT2D eigenvalue weighted by molar-refractivity contribution is 6.36. The molecule has 1 aromatic carbocycles. The molecule has 4 rings (SSSR count). The molecule has 0 bridgehead atoms. The minimum atomic E-state index is -0.476. The van der Waals surface area contributed by atoms with Gasteiger partial charge in [-0.3, -0.25) is 10.4 Å². The largest absolute Gasteiger partial charge is 0.486 e. The number of benzene rings is 1. The van der Waals surface area contributed by atoms with Gasteiger partial charge in [0, 0.05) is 34.8 Å². The number of nitrogens with zero attached hydrogens (tertiary/aromatic N) is 4. The van der Waals surface area contributed by atoms with Gasteiger partial charge in [-0.1, -0.05) is 23.2 Å². The number of aromatic nitrogens is 2. The number of hydrogen-bond donors (Lipinski definition) is 2. The van der Waals surface area contributed by atoms with E-state index < -0.39 is 6.10 Å². The normalized spacial score (nSPS) is 15.1. The van der Waals surface area contributed by atoms with Gasteiger partial charge in [-0.2, -0.15) is 5.26 Å². The monoisotopic (exact) mass is 552 g/mol. The Balaban J connectivity index is 1.56. The summed E-state index contributed by atoms with van der Waals surface area (Å²) in [6.07, 6.45) is 2.77. The molecule has 198 valence electrons. The maximum absolute atomic E-state index is 9.82. The van der Waals surface area contributed by atoms with Crippen molar-refractivity contribution in [3.8, 4) is 11.8 Å². The second-order valence-corrected chi connectivity index (χ2v) is 10.8. The van der Waals surface area contributed by atoms with Crippen molar-refractivity contribution in [1.82, 2.24) is 9.97 Å². The zero-order valence-corrected chi connectivity index (χ0v) is 23.5.